The summed E-state index contributed by atoms with van der Waals surface area (Å²) in [4.78, 5) is 0. The first kappa shape index (κ1) is 17.8. The first-order chi connectivity index (χ1) is 11.5. The van der Waals surface area contributed by atoms with Crippen LogP contribution in [-0.2, 0) is 9.71 Å². The molecule has 0 amide bonds. The Morgan fingerprint density at radius 2 is 2.12 bits per heavy atom. The van der Waals surface area contributed by atoms with Crippen molar-refractivity contribution in [3.8, 4) is 5.75 Å². The lowest BCUT2D eigenvalue weighted by Crippen LogP contribution is -2.49. The van der Waals surface area contributed by atoms with E-state index in [-0.39, 0.29) is 5.60 Å². The maximum atomic E-state index is 12.0. The summed E-state index contributed by atoms with van der Waals surface area (Å²) in [6, 6.07) is 8.49. The van der Waals surface area contributed by atoms with E-state index in [4.69, 9.17) is 4.74 Å². The van der Waals surface area contributed by atoms with Crippen molar-refractivity contribution in [2.75, 3.05) is 25.4 Å². The van der Waals surface area contributed by atoms with E-state index in [1.165, 1.54) is 5.56 Å². The van der Waals surface area contributed by atoms with Gasteiger partial charge in [0.25, 0.3) is 0 Å². The van der Waals surface area contributed by atoms with Crippen LogP contribution in [0.2, 0.25) is 0 Å². The van der Waals surface area contributed by atoms with Crippen molar-refractivity contribution < 1.29 is 8.95 Å². The predicted molar refractivity (Wildman–Crippen MR) is 102 cm³/mol. The highest BCUT2D eigenvalue weighted by Crippen LogP contribution is 2.46. The zero-order valence-corrected chi connectivity index (χ0v) is 15.5. The van der Waals surface area contributed by atoms with Gasteiger partial charge in [0.05, 0.1) is 0 Å². The molecule has 1 aromatic rings. The van der Waals surface area contributed by atoms with Crippen LogP contribution in [0.3, 0.4) is 0 Å². The molecule has 0 bridgehead atoms. The number of para-hydroxylation sites is 1. The molecule has 0 radical (unpaired) electrons. The van der Waals surface area contributed by atoms with Gasteiger partial charge < -0.3 is 10.1 Å². The van der Waals surface area contributed by atoms with Crippen molar-refractivity contribution in [1.29, 1.82) is 0 Å². The topological polar surface area (TPSA) is 50.4 Å². The number of hydrogen-bond donors (Lipinski definition) is 2. The zero-order chi connectivity index (χ0) is 17.0. The highest BCUT2D eigenvalue weighted by atomic mass is 32.2. The molecular formula is C19H30N2O2S. The van der Waals surface area contributed by atoms with E-state index in [9.17, 15) is 4.21 Å². The van der Waals surface area contributed by atoms with Crippen LogP contribution in [0.1, 0.15) is 50.5 Å². The minimum absolute atomic E-state index is 0.000964. The van der Waals surface area contributed by atoms with Crippen LogP contribution in [0.5, 0.6) is 5.75 Å². The zero-order valence-electron chi connectivity index (χ0n) is 14.7. The molecule has 2 N–H and O–H groups in total. The average molecular weight is 351 g/mol. The van der Waals surface area contributed by atoms with Crippen LogP contribution < -0.4 is 14.8 Å². The Morgan fingerprint density at radius 1 is 1.38 bits per heavy atom. The lowest BCUT2D eigenvalue weighted by atomic mass is 9.76. The van der Waals surface area contributed by atoms with Crippen LogP contribution in [0.25, 0.3) is 0 Å². The van der Waals surface area contributed by atoms with Crippen molar-refractivity contribution >= 4 is 15.6 Å². The molecule has 24 heavy (non-hydrogen) atoms. The molecule has 134 valence electrons. The summed E-state index contributed by atoms with van der Waals surface area (Å²) in [5.41, 5.74) is 1.34. The Kier molecular flexibility index (Phi) is 5.52. The van der Waals surface area contributed by atoms with Gasteiger partial charge in [-0.1, -0.05) is 25.1 Å². The van der Waals surface area contributed by atoms with Gasteiger partial charge in [0.2, 0.25) is 0 Å². The summed E-state index contributed by atoms with van der Waals surface area (Å²) in [7, 11) is -2.09. The predicted octanol–water partition coefficient (Wildman–Crippen LogP) is 2.70. The van der Waals surface area contributed by atoms with Crippen LogP contribution in [0.4, 0.5) is 0 Å². The summed E-state index contributed by atoms with van der Waals surface area (Å²) < 4.78 is 21.6. The third kappa shape index (κ3) is 4.13. The fraction of sp³-hybridized carbons (Fsp3) is 0.632. The average Bonchev–Trinajstić information content (AvgIpc) is 2.59. The van der Waals surface area contributed by atoms with E-state index in [1.807, 2.05) is 6.92 Å². The monoisotopic (exact) mass is 350 g/mol. The van der Waals surface area contributed by atoms with Gasteiger partial charge in [-0.25, -0.2) is 4.72 Å². The van der Waals surface area contributed by atoms with E-state index < -0.39 is 9.71 Å². The van der Waals surface area contributed by atoms with Gasteiger partial charge in [-0.2, -0.15) is 0 Å². The van der Waals surface area contributed by atoms with Crippen molar-refractivity contribution in [1.82, 2.24) is 10.0 Å². The van der Waals surface area contributed by atoms with E-state index in [0.29, 0.717) is 11.7 Å². The van der Waals surface area contributed by atoms with Gasteiger partial charge in [0.15, 0.2) is 0 Å². The molecule has 2 aliphatic heterocycles. The summed E-state index contributed by atoms with van der Waals surface area (Å²) in [5, 5.41) is 3.44. The number of hydrogen-bond acceptors (Lipinski definition) is 3. The number of nitrogens with one attached hydrogen (secondary N) is 2. The highest BCUT2D eigenvalue weighted by molar-refractivity contribution is 7.98. The highest BCUT2D eigenvalue weighted by Gasteiger charge is 2.41. The van der Waals surface area contributed by atoms with Crippen LogP contribution in [-0.4, -0.2) is 41.1 Å². The van der Waals surface area contributed by atoms with Crippen molar-refractivity contribution in [3.63, 3.8) is 0 Å². The number of ether oxygens (including phenoxy) is 1. The second kappa shape index (κ2) is 7.46. The Bertz CT molecular complexity index is 651. The van der Waals surface area contributed by atoms with Crippen LogP contribution >= 0.6 is 0 Å². The summed E-state index contributed by atoms with van der Waals surface area (Å²) in [6.45, 7) is 4.76. The Morgan fingerprint density at radius 3 is 2.88 bits per heavy atom. The molecule has 5 heteroatoms. The molecule has 4 nitrogen and oxygen atoms in total. The van der Waals surface area contributed by atoms with E-state index in [2.05, 4.69) is 40.2 Å². The number of fused-ring (bicyclic) bond motifs is 1. The molecule has 0 saturated carbocycles. The maximum Gasteiger partial charge on any atom is 0.123 e. The van der Waals surface area contributed by atoms with Gasteiger partial charge >= 0.3 is 0 Å². The van der Waals surface area contributed by atoms with Gasteiger partial charge in [-0.15, -0.1) is 0 Å². The fourth-order valence-electron chi connectivity index (χ4n) is 3.90. The third-order valence-corrected chi connectivity index (χ3v) is 7.04. The third-order valence-electron chi connectivity index (χ3n) is 5.38. The summed E-state index contributed by atoms with van der Waals surface area (Å²) >= 11 is 0. The van der Waals surface area contributed by atoms with Gasteiger partial charge in [-0.3, -0.25) is 4.21 Å². The molecule has 2 aliphatic rings. The molecular weight excluding hydrogens is 320 g/mol. The molecule has 1 saturated heterocycles. The minimum Gasteiger partial charge on any atom is -0.487 e. The number of piperidine rings is 1. The number of benzene rings is 1. The Labute approximate surface area is 146 Å². The SMILES string of the molecule is C=S(=O)(CC)NCCCC1CC2(CCNCC2)Oc2ccccc21. The fourth-order valence-corrected chi connectivity index (χ4v) is 4.62. The largest absolute Gasteiger partial charge is 0.487 e. The Hall–Kier alpha value is -1.04. The molecule has 1 fully saturated rings. The van der Waals surface area contributed by atoms with Gasteiger partial charge in [-0.05, 0) is 68.6 Å². The first-order valence-corrected chi connectivity index (χ1v) is 11.0. The second-order valence-corrected chi connectivity index (χ2v) is 9.60. The molecule has 2 atom stereocenters. The Balaban J connectivity index is 1.67. The molecule has 1 aromatic carbocycles. The van der Waals surface area contributed by atoms with Crippen molar-refractivity contribution in [2.45, 2.75) is 50.5 Å². The van der Waals surface area contributed by atoms with E-state index >= 15 is 0 Å². The van der Waals surface area contributed by atoms with Gasteiger partial charge in [0, 0.05) is 22.0 Å². The lowest BCUT2D eigenvalue weighted by Gasteiger charge is -2.45. The second-order valence-electron chi connectivity index (χ2n) is 7.11. The molecule has 0 aromatic heterocycles. The van der Waals surface area contributed by atoms with Crippen LogP contribution in [0, 0.1) is 0 Å². The minimum atomic E-state index is -2.09. The van der Waals surface area contributed by atoms with Crippen LogP contribution in [0.15, 0.2) is 24.3 Å². The molecule has 0 aliphatic carbocycles. The lowest BCUT2D eigenvalue weighted by molar-refractivity contribution is 0.00612. The molecule has 3 rings (SSSR count). The van der Waals surface area contributed by atoms with E-state index in [0.717, 1.165) is 57.5 Å². The van der Waals surface area contributed by atoms with Gasteiger partial charge in [0.1, 0.15) is 11.4 Å². The molecule has 2 heterocycles. The summed E-state index contributed by atoms with van der Waals surface area (Å²) in [5.74, 6) is 5.95. The summed E-state index contributed by atoms with van der Waals surface area (Å²) in [6.07, 6.45) is 5.37. The van der Waals surface area contributed by atoms with E-state index in [1.54, 1.807) is 0 Å². The maximum absolute atomic E-state index is 12.0. The quantitative estimate of drug-likeness (QED) is 0.613. The molecule has 2 unspecified atom stereocenters. The normalized spacial score (nSPS) is 24.8. The van der Waals surface area contributed by atoms with Crippen molar-refractivity contribution in [3.05, 3.63) is 29.8 Å². The molecule has 1 spiro atoms. The first-order valence-electron chi connectivity index (χ1n) is 9.12. The smallest absolute Gasteiger partial charge is 0.123 e. The van der Waals surface area contributed by atoms with Crippen molar-refractivity contribution in [2.24, 2.45) is 0 Å². The standard InChI is InChI=1S/C19H30N2O2S/c1-3-24(2,22)21-12-6-7-16-15-19(10-13-20-14-11-19)23-18-9-5-4-8-17(16)18/h4-5,8-9,16,20H,2-3,6-7,10-15H2,1H3,(H,21,22). The number of rotatable bonds is 6.